The second-order valence-corrected chi connectivity index (χ2v) is 7.55. The molecule has 9 nitrogen and oxygen atoms in total. The number of carbonyl (C=O) groups excluding carboxylic acids is 1. The molecule has 0 bridgehead atoms. The Kier molecular flexibility index (Phi) is 5.56. The lowest BCUT2D eigenvalue weighted by Crippen LogP contribution is -2.49. The van der Waals surface area contributed by atoms with Gasteiger partial charge < -0.3 is 9.80 Å². The zero-order chi connectivity index (χ0) is 21.3. The lowest BCUT2D eigenvalue weighted by atomic mass is 10.1. The summed E-state index contributed by atoms with van der Waals surface area (Å²) in [7, 11) is 0. The number of hydrogen-bond donors (Lipinski definition) is 0. The highest BCUT2D eigenvalue weighted by Gasteiger charge is 2.26. The summed E-state index contributed by atoms with van der Waals surface area (Å²) < 4.78 is 1.63. The number of rotatable bonds is 4. The van der Waals surface area contributed by atoms with Crippen LogP contribution in [-0.2, 0) is 0 Å². The van der Waals surface area contributed by atoms with E-state index in [-0.39, 0.29) is 11.6 Å². The van der Waals surface area contributed by atoms with Crippen molar-refractivity contribution in [3.8, 4) is 5.69 Å². The van der Waals surface area contributed by atoms with Gasteiger partial charge in [0.25, 0.3) is 11.6 Å². The van der Waals surface area contributed by atoms with Gasteiger partial charge in [0.2, 0.25) is 0 Å². The van der Waals surface area contributed by atoms with Crippen molar-refractivity contribution < 1.29 is 9.72 Å². The number of nitrogens with zero attached hydrogens (tertiary/aromatic N) is 6. The number of nitro groups is 1. The first kappa shape index (κ1) is 20.1. The highest BCUT2D eigenvalue weighted by Crippen LogP contribution is 2.30. The van der Waals surface area contributed by atoms with E-state index in [0.717, 1.165) is 5.69 Å². The smallest absolute Gasteiger partial charge is 0.271 e. The molecule has 1 saturated heterocycles. The number of halogens is 2. The Morgan fingerprint density at radius 1 is 0.967 bits per heavy atom. The molecule has 2 heterocycles. The fourth-order valence-electron chi connectivity index (χ4n) is 3.41. The first-order valence-corrected chi connectivity index (χ1v) is 9.82. The standard InChI is InChI=1S/C19H16Cl2N6O3/c20-13-1-3-15(16(21)9-13)19(28)25-7-5-24(6-8-25)17-4-2-14(27(29)30)10-18(17)26-11-22-23-12-26/h1-4,9-12H,5-8H2. The van der Waals surface area contributed by atoms with Crippen LogP contribution in [0.3, 0.4) is 0 Å². The minimum atomic E-state index is -0.440. The number of amides is 1. The first-order valence-electron chi connectivity index (χ1n) is 9.07. The van der Waals surface area contributed by atoms with E-state index in [1.807, 2.05) is 0 Å². The summed E-state index contributed by atoms with van der Waals surface area (Å²) >= 11 is 12.1. The van der Waals surface area contributed by atoms with Crippen LogP contribution in [-0.4, -0.2) is 56.7 Å². The normalized spacial score (nSPS) is 14.1. The van der Waals surface area contributed by atoms with Gasteiger partial charge in [-0.25, -0.2) is 0 Å². The van der Waals surface area contributed by atoms with Crippen LogP contribution in [0.2, 0.25) is 10.0 Å². The van der Waals surface area contributed by atoms with E-state index >= 15 is 0 Å². The minimum absolute atomic E-state index is 0.0198. The molecule has 0 atom stereocenters. The van der Waals surface area contributed by atoms with Crippen LogP contribution in [0.4, 0.5) is 11.4 Å². The molecule has 2 aromatic carbocycles. The molecule has 0 saturated carbocycles. The van der Waals surface area contributed by atoms with Gasteiger partial charge in [0.15, 0.2) is 0 Å². The number of piperazine rings is 1. The molecule has 1 aromatic heterocycles. The van der Waals surface area contributed by atoms with Crippen molar-refractivity contribution in [1.29, 1.82) is 0 Å². The summed E-state index contributed by atoms with van der Waals surface area (Å²) in [6, 6.07) is 9.48. The van der Waals surface area contributed by atoms with Gasteiger partial charge in [-0.05, 0) is 24.3 Å². The molecule has 0 unspecified atom stereocenters. The Bertz CT molecular complexity index is 1100. The zero-order valence-corrected chi connectivity index (χ0v) is 17.1. The first-order chi connectivity index (χ1) is 14.4. The maximum atomic E-state index is 12.8. The van der Waals surface area contributed by atoms with Crippen LogP contribution in [0.1, 0.15) is 10.4 Å². The van der Waals surface area contributed by atoms with E-state index in [4.69, 9.17) is 23.2 Å². The molecule has 30 heavy (non-hydrogen) atoms. The Hall–Kier alpha value is -3.17. The van der Waals surface area contributed by atoms with Crippen LogP contribution in [0, 0.1) is 10.1 Å². The quantitative estimate of drug-likeness (QED) is 0.449. The molecule has 1 aliphatic rings. The van der Waals surface area contributed by atoms with Crippen molar-refractivity contribution in [3.63, 3.8) is 0 Å². The Morgan fingerprint density at radius 3 is 2.30 bits per heavy atom. The molecule has 1 aliphatic heterocycles. The average molecular weight is 447 g/mol. The fourth-order valence-corrected chi connectivity index (χ4v) is 3.90. The third-order valence-corrected chi connectivity index (χ3v) is 5.48. The number of hydrogen-bond acceptors (Lipinski definition) is 6. The predicted octanol–water partition coefficient (Wildman–Crippen LogP) is 3.44. The number of nitro benzene ring substituents is 1. The van der Waals surface area contributed by atoms with E-state index in [1.54, 1.807) is 33.7 Å². The van der Waals surface area contributed by atoms with E-state index in [9.17, 15) is 14.9 Å². The minimum Gasteiger partial charge on any atom is -0.366 e. The Labute approximate surface area is 181 Å². The molecule has 154 valence electrons. The van der Waals surface area contributed by atoms with Crippen molar-refractivity contribution in [2.24, 2.45) is 0 Å². The van der Waals surface area contributed by atoms with Crippen molar-refractivity contribution in [2.75, 3.05) is 31.1 Å². The lowest BCUT2D eigenvalue weighted by molar-refractivity contribution is -0.384. The molecular formula is C19H16Cl2N6O3. The van der Waals surface area contributed by atoms with Crippen LogP contribution in [0.25, 0.3) is 5.69 Å². The van der Waals surface area contributed by atoms with E-state index in [1.165, 1.54) is 24.8 Å². The largest absolute Gasteiger partial charge is 0.366 e. The van der Waals surface area contributed by atoms with Crippen LogP contribution in [0.15, 0.2) is 49.1 Å². The summed E-state index contributed by atoms with van der Waals surface area (Å²) in [6.07, 6.45) is 2.98. The van der Waals surface area contributed by atoms with Gasteiger partial charge in [-0.1, -0.05) is 23.2 Å². The molecule has 1 amide bonds. The van der Waals surface area contributed by atoms with E-state index < -0.39 is 4.92 Å². The highest BCUT2D eigenvalue weighted by atomic mass is 35.5. The molecule has 3 aromatic rings. The Morgan fingerprint density at radius 2 is 1.67 bits per heavy atom. The second-order valence-electron chi connectivity index (χ2n) is 6.70. The number of anilines is 1. The Balaban J connectivity index is 1.54. The van der Waals surface area contributed by atoms with Gasteiger partial charge in [0, 0.05) is 43.3 Å². The molecule has 4 rings (SSSR count). The number of non-ortho nitro benzene ring substituents is 1. The molecule has 0 spiro atoms. The molecule has 11 heteroatoms. The van der Waals surface area contributed by atoms with Gasteiger partial charge in [-0.3, -0.25) is 19.5 Å². The SMILES string of the molecule is O=C(c1ccc(Cl)cc1Cl)N1CCN(c2ccc([N+](=O)[O-])cc2-n2cnnc2)CC1. The number of benzene rings is 2. The van der Waals surface area contributed by atoms with Crippen molar-refractivity contribution in [1.82, 2.24) is 19.7 Å². The third kappa shape index (κ3) is 3.94. The zero-order valence-electron chi connectivity index (χ0n) is 15.6. The molecular weight excluding hydrogens is 431 g/mol. The highest BCUT2D eigenvalue weighted by molar-refractivity contribution is 6.36. The maximum absolute atomic E-state index is 12.8. The van der Waals surface area contributed by atoms with Gasteiger partial charge >= 0.3 is 0 Å². The lowest BCUT2D eigenvalue weighted by Gasteiger charge is -2.37. The fraction of sp³-hybridized carbons (Fsp3) is 0.211. The van der Waals surface area contributed by atoms with Gasteiger partial charge in [-0.15, -0.1) is 10.2 Å². The van der Waals surface area contributed by atoms with Gasteiger partial charge in [-0.2, -0.15) is 0 Å². The van der Waals surface area contributed by atoms with Crippen LogP contribution < -0.4 is 4.90 Å². The van der Waals surface area contributed by atoms with Crippen molar-refractivity contribution in [3.05, 3.63) is 74.8 Å². The van der Waals surface area contributed by atoms with E-state index in [2.05, 4.69) is 15.1 Å². The van der Waals surface area contributed by atoms with Crippen LogP contribution >= 0.6 is 23.2 Å². The number of carbonyl (C=O) groups is 1. The van der Waals surface area contributed by atoms with Gasteiger partial charge in [0.1, 0.15) is 12.7 Å². The molecule has 1 fully saturated rings. The molecule has 0 radical (unpaired) electrons. The third-order valence-electron chi connectivity index (χ3n) is 4.94. The van der Waals surface area contributed by atoms with Crippen molar-refractivity contribution >= 4 is 40.5 Å². The summed E-state index contributed by atoms with van der Waals surface area (Å²) in [5.41, 5.74) is 1.80. The average Bonchev–Trinajstić information content (AvgIpc) is 3.28. The van der Waals surface area contributed by atoms with Gasteiger partial charge in [0.05, 0.1) is 26.9 Å². The summed E-state index contributed by atoms with van der Waals surface area (Å²) in [5.74, 6) is -0.154. The summed E-state index contributed by atoms with van der Waals surface area (Å²) in [4.78, 5) is 27.4. The summed E-state index contributed by atoms with van der Waals surface area (Å²) in [5, 5.41) is 19.6. The maximum Gasteiger partial charge on any atom is 0.271 e. The topological polar surface area (TPSA) is 97.4 Å². The predicted molar refractivity (Wildman–Crippen MR) is 113 cm³/mol. The van der Waals surface area contributed by atoms with E-state index in [0.29, 0.717) is 47.5 Å². The van der Waals surface area contributed by atoms with Crippen LogP contribution in [0.5, 0.6) is 0 Å². The summed E-state index contributed by atoms with van der Waals surface area (Å²) in [6.45, 7) is 2.08. The molecule has 0 N–H and O–H groups in total. The molecule has 0 aliphatic carbocycles. The monoisotopic (exact) mass is 446 g/mol. The number of aromatic nitrogens is 3. The second kappa shape index (κ2) is 8.29. The van der Waals surface area contributed by atoms with Crippen molar-refractivity contribution in [2.45, 2.75) is 0 Å².